The maximum absolute atomic E-state index is 12.4. The average Bonchev–Trinajstić information content (AvgIpc) is 2.50. The number of piperidine rings is 1. The highest BCUT2D eigenvalue weighted by molar-refractivity contribution is 6.29. The number of aromatic nitrogens is 1. The smallest absolute Gasteiger partial charge is 0.222 e. The lowest BCUT2D eigenvalue weighted by molar-refractivity contribution is -0.131. The SMILES string of the molecule is CC(C)N1CCC(CC(=O)N(C)Cc2ccc(Cl)nc2)CC1. The number of likely N-dealkylation sites (tertiary alicyclic amines) is 1. The maximum atomic E-state index is 12.4. The number of amides is 1. The number of hydrogen-bond acceptors (Lipinski definition) is 3. The van der Waals surface area contributed by atoms with E-state index in [0.717, 1.165) is 31.5 Å². The zero-order chi connectivity index (χ0) is 16.1. The van der Waals surface area contributed by atoms with Crippen molar-refractivity contribution in [1.29, 1.82) is 0 Å². The van der Waals surface area contributed by atoms with Crippen LogP contribution in [0.5, 0.6) is 0 Å². The first-order valence-corrected chi connectivity index (χ1v) is 8.42. The summed E-state index contributed by atoms with van der Waals surface area (Å²) in [4.78, 5) is 20.7. The second-order valence-corrected chi connectivity index (χ2v) is 6.90. The second-order valence-electron chi connectivity index (χ2n) is 6.52. The first-order chi connectivity index (χ1) is 10.5. The lowest BCUT2D eigenvalue weighted by Crippen LogP contribution is -2.39. The van der Waals surface area contributed by atoms with E-state index >= 15 is 0 Å². The Labute approximate surface area is 138 Å². The van der Waals surface area contributed by atoms with Gasteiger partial charge in [-0.1, -0.05) is 17.7 Å². The van der Waals surface area contributed by atoms with Gasteiger partial charge in [0.2, 0.25) is 5.91 Å². The van der Waals surface area contributed by atoms with Gasteiger partial charge >= 0.3 is 0 Å². The normalized spacial score (nSPS) is 17.0. The second kappa shape index (κ2) is 7.93. The van der Waals surface area contributed by atoms with Crippen LogP contribution >= 0.6 is 11.6 Å². The number of rotatable bonds is 5. The minimum absolute atomic E-state index is 0.220. The molecule has 1 aliphatic rings. The summed E-state index contributed by atoms with van der Waals surface area (Å²) in [5, 5.41) is 0.481. The molecule has 1 aromatic heterocycles. The molecular weight excluding hydrogens is 298 g/mol. The molecule has 0 atom stereocenters. The Balaban J connectivity index is 1.78. The lowest BCUT2D eigenvalue weighted by atomic mass is 9.92. The van der Waals surface area contributed by atoms with E-state index in [1.807, 2.05) is 13.1 Å². The molecule has 0 radical (unpaired) electrons. The Bertz CT molecular complexity index is 481. The summed E-state index contributed by atoms with van der Waals surface area (Å²) >= 11 is 5.78. The van der Waals surface area contributed by atoms with Crippen LogP contribution in [-0.4, -0.2) is 46.9 Å². The van der Waals surface area contributed by atoms with Gasteiger partial charge < -0.3 is 9.80 Å². The highest BCUT2D eigenvalue weighted by Gasteiger charge is 2.23. The van der Waals surface area contributed by atoms with Crippen molar-refractivity contribution in [3.63, 3.8) is 0 Å². The summed E-state index contributed by atoms with van der Waals surface area (Å²) in [6, 6.07) is 4.29. The lowest BCUT2D eigenvalue weighted by Gasteiger charge is -2.34. The highest BCUT2D eigenvalue weighted by Crippen LogP contribution is 2.22. The van der Waals surface area contributed by atoms with E-state index in [1.165, 1.54) is 0 Å². The van der Waals surface area contributed by atoms with Gasteiger partial charge in [-0.25, -0.2) is 4.98 Å². The van der Waals surface area contributed by atoms with Gasteiger partial charge in [0.15, 0.2) is 0 Å². The Morgan fingerprint density at radius 1 is 1.41 bits per heavy atom. The van der Waals surface area contributed by atoms with Gasteiger partial charge in [0, 0.05) is 32.3 Å². The zero-order valence-corrected chi connectivity index (χ0v) is 14.5. The molecule has 0 unspecified atom stereocenters. The predicted molar refractivity (Wildman–Crippen MR) is 89.8 cm³/mol. The van der Waals surface area contributed by atoms with Crippen molar-refractivity contribution in [3.8, 4) is 0 Å². The Kier molecular flexibility index (Phi) is 6.21. The van der Waals surface area contributed by atoms with Gasteiger partial charge in [-0.2, -0.15) is 0 Å². The van der Waals surface area contributed by atoms with Gasteiger partial charge in [-0.3, -0.25) is 4.79 Å². The summed E-state index contributed by atoms with van der Waals surface area (Å²) in [5.74, 6) is 0.742. The molecule has 1 fully saturated rings. The topological polar surface area (TPSA) is 36.4 Å². The van der Waals surface area contributed by atoms with E-state index in [0.29, 0.717) is 30.1 Å². The molecule has 1 aromatic rings. The Morgan fingerprint density at radius 3 is 2.64 bits per heavy atom. The largest absolute Gasteiger partial charge is 0.341 e. The minimum atomic E-state index is 0.220. The summed E-state index contributed by atoms with van der Waals surface area (Å²) in [6.45, 7) is 7.29. The number of pyridine rings is 1. The molecule has 0 spiro atoms. The molecule has 22 heavy (non-hydrogen) atoms. The summed E-state index contributed by atoms with van der Waals surface area (Å²) in [6.07, 6.45) is 4.64. The van der Waals surface area contributed by atoms with Crippen LogP contribution < -0.4 is 0 Å². The van der Waals surface area contributed by atoms with Crippen molar-refractivity contribution >= 4 is 17.5 Å². The van der Waals surface area contributed by atoms with Crippen molar-refractivity contribution in [3.05, 3.63) is 29.0 Å². The number of carbonyl (C=O) groups excluding carboxylic acids is 1. The fourth-order valence-electron chi connectivity index (χ4n) is 2.94. The van der Waals surface area contributed by atoms with E-state index in [9.17, 15) is 4.79 Å². The zero-order valence-electron chi connectivity index (χ0n) is 13.8. The van der Waals surface area contributed by atoms with Gasteiger partial charge in [0.05, 0.1) is 0 Å². The number of nitrogens with zero attached hydrogens (tertiary/aromatic N) is 3. The molecule has 2 heterocycles. The molecule has 0 aliphatic carbocycles. The van der Waals surface area contributed by atoms with E-state index in [4.69, 9.17) is 11.6 Å². The quantitative estimate of drug-likeness (QED) is 0.781. The molecule has 1 amide bonds. The van der Waals surface area contributed by atoms with E-state index in [2.05, 4.69) is 23.7 Å². The third kappa shape index (κ3) is 4.96. The molecule has 4 nitrogen and oxygen atoms in total. The van der Waals surface area contributed by atoms with Crippen LogP contribution in [0.4, 0.5) is 0 Å². The van der Waals surface area contributed by atoms with Gasteiger partial charge in [0.1, 0.15) is 5.15 Å². The van der Waals surface area contributed by atoms with Crippen molar-refractivity contribution in [2.75, 3.05) is 20.1 Å². The van der Waals surface area contributed by atoms with Gasteiger partial charge in [0.25, 0.3) is 0 Å². The molecule has 1 saturated heterocycles. The fourth-order valence-corrected chi connectivity index (χ4v) is 3.05. The molecular formula is C17H26ClN3O. The van der Waals surface area contributed by atoms with Crippen molar-refractivity contribution < 1.29 is 4.79 Å². The summed E-state index contributed by atoms with van der Waals surface area (Å²) in [5.41, 5.74) is 1.01. The monoisotopic (exact) mass is 323 g/mol. The summed E-state index contributed by atoms with van der Waals surface area (Å²) in [7, 11) is 1.86. The Hall–Kier alpha value is -1.13. The molecule has 0 saturated carbocycles. The standard InChI is InChI=1S/C17H26ClN3O/c1-13(2)21-8-6-14(7-9-21)10-17(22)20(3)12-15-4-5-16(18)19-11-15/h4-5,11,13-14H,6-10,12H2,1-3H3. The van der Waals surface area contributed by atoms with Crippen LogP contribution in [0.1, 0.15) is 38.7 Å². The van der Waals surface area contributed by atoms with Crippen molar-refractivity contribution in [2.45, 2.75) is 45.7 Å². The van der Waals surface area contributed by atoms with Crippen LogP contribution in [0.15, 0.2) is 18.3 Å². The molecule has 1 aliphatic heterocycles. The summed E-state index contributed by atoms with van der Waals surface area (Å²) < 4.78 is 0. The third-order valence-electron chi connectivity index (χ3n) is 4.48. The van der Waals surface area contributed by atoms with E-state index in [-0.39, 0.29) is 5.91 Å². The van der Waals surface area contributed by atoms with Crippen LogP contribution in [0.3, 0.4) is 0 Å². The average molecular weight is 324 g/mol. The molecule has 122 valence electrons. The predicted octanol–water partition coefficient (Wildman–Crippen LogP) is 3.20. The fraction of sp³-hybridized carbons (Fsp3) is 0.647. The van der Waals surface area contributed by atoms with E-state index in [1.54, 1.807) is 17.2 Å². The molecule has 0 bridgehead atoms. The van der Waals surface area contributed by atoms with Crippen LogP contribution in [0, 0.1) is 5.92 Å². The van der Waals surface area contributed by atoms with Crippen molar-refractivity contribution in [2.24, 2.45) is 5.92 Å². The van der Waals surface area contributed by atoms with Gasteiger partial charge in [-0.05, 0) is 57.3 Å². The van der Waals surface area contributed by atoms with Crippen LogP contribution in [-0.2, 0) is 11.3 Å². The third-order valence-corrected chi connectivity index (χ3v) is 4.70. The number of halogens is 1. The Morgan fingerprint density at radius 2 is 2.09 bits per heavy atom. The maximum Gasteiger partial charge on any atom is 0.222 e. The molecule has 2 rings (SSSR count). The molecule has 0 N–H and O–H groups in total. The van der Waals surface area contributed by atoms with E-state index < -0.39 is 0 Å². The number of carbonyl (C=O) groups is 1. The molecule has 5 heteroatoms. The van der Waals surface area contributed by atoms with Crippen LogP contribution in [0.2, 0.25) is 5.15 Å². The van der Waals surface area contributed by atoms with Gasteiger partial charge in [-0.15, -0.1) is 0 Å². The highest BCUT2D eigenvalue weighted by atomic mass is 35.5. The number of hydrogen-bond donors (Lipinski definition) is 0. The first-order valence-electron chi connectivity index (χ1n) is 8.04. The molecule has 0 aromatic carbocycles. The minimum Gasteiger partial charge on any atom is -0.341 e. The van der Waals surface area contributed by atoms with Crippen molar-refractivity contribution in [1.82, 2.24) is 14.8 Å². The van der Waals surface area contributed by atoms with Crippen LogP contribution in [0.25, 0.3) is 0 Å². The first kappa shape index (κ1) is 17.2.